The molecular weight excluding hydrogens is 144 g/mol. The highest BCUT2D eigenvalue weighted by molar-refractivity contribution is 5.92. The molecule has 0 fully saturated rings. The van der Waals surface area contributed by atoms with Gasteiger partial charge in [0.1, 0.15) is 5.76 Å². The van der Waals surface area contributed by atoms with Gasteiger partial charge >= 0.3 is 0 Å². The molecule has 1 heterocycles. The second-order valence-electron chi connectivity index (χ2n) is 2.46. The molecule has 1 rings (SSSR count). The van der Waals surface area contributed by atoms with Crippen LogP contribution in [-0.4, -0.2) is 29.9 Å². The van der Waals surface area contributed by atoms with Crippen LogP contribution in [0, 0.1) is 6.92 Å². The van der Waals surface area contributed by atoms with E-state index in [1.807, 2.05) is 0 Å². The summed E-state index contributed by atoms with van der Waals surface area (Å²) in [6, 6.07) is 0. The normalized spacial score (nSPS) is 9.73. The molecule has 60 valence electrons. The Morgan fingerprint density at radius 3 is 2.64 bits per heavy atom. The standard InChI is InChI=1S/C7H10N2O2/c1-5-6(8-4-11-5)7(10)9(2)3/h4H,1-3H3. The van der Waals surface area contributed by atoms with Gasteiger partial charge < -0.3 is 9.32 Å². The smallest absolute Gasteiger partial charge is 0.275 e. The Morgan fingerprint density at radius 2 is 2.27 bits per heavy atom. The predicted molar refractivity (Wildman–Crippen MR) is 39.3 cm³/mol. The molecule has 4 heteroatoms. The Hall–Kier alpha value is -1.32. The molecule has 0 unspecified atom stereocenters. The third-order valence-corrected chi connectivity index (χ3v) is 1.35. The largest absolute Gasteiger partial charge is 0.448 e. The number of hydrogen-bond acceptors (Lipinski definition) is 3. The molecule has 0 saturated carbocycles. The molecule has 0 N–H and O–H groups in total. The minimum absolute atomic E-state index is 0.128. The number of aryl methyl sites for hydroxylation is 1. The fourth-order valence-electron chi connectivity index (χ4n) is 0.722. The van der Waals surface area contributed by atoms with Crippen molar-refractivity contribution < 1.29 is 9.21 Å². The number of hydrogen-bond donors (Lipinski definition) is 0. The fraction of sp³-hybridized carbons (Fsp3) is 0.429. The van der Waals surface area contributed by atoms with Crippen molar-refractivity contribution in [2.75, 3.05) is 14.1 Å². The van der Waals surface area contributed by atoms with Crippen LogP contribution < -0.4 is 0 Å². The van der Waals surface area contributed by atoms with E-state index in [1.165, 1.54) is 11.3 Å². The first-order valence-corrected chi connectivity index (χ1v) is 3.24. The Bertz CT molecular complexity index is 265. The molecule has 1 aromatic heterocycles. The fourth-order valence-corrected chi connectivity index (χ4v) is 0.722. The second-order valence-corrected chi connectivity index (χ2v) is 2.46. The van der Waals surface area contributed by atoms with Crippen LogP contribution in [-0.2, 0) is 0 Å². The molecule has 4 nitrogen and oxygen atoms in total. The maximum absolute atomic E-state index is 11.2. The highest BCUT2D eigenvalue weighted by Crippen LogP contribution is 2.05. The van der Waals surface area contributed by atoms with Crippen molar-refractivity contribution in [3.63, 3.8) is 0 Å². The first-order valence-electron chi connectivity index (χ1n) is 3.24. The average Bonchev–Trinajstić information content (AvgIpc) is 2.33. The lowest BCUT2D eigenvalue weighted by molar-refractivity contribution is 0.0821. The Kier molecular flexibility index (Phi) is 1.94. The quantitative estimate of drug-likeness (QED) is 0.597. The van der Waals surface area contributed by atoms with Crippen molar-refractivity contribution in [2.24, 2.45) is 0 Å². The molecule has 11 heavy (non-hydrogen) atoms. The molecule has 0 saturated heterocycles. The second kappa shape index (κ2) is 2.74. The van der Waals surface area contributed by atoms with Crippen LogP contribution in [0.15, 0.2) is 10.8 Å². The van der Waals surface area contributed by atoms with Crippen LogP contribution in [0.3, 0.4) is 0 Å². The predicted octanol–water partition coefficient (Wildman–Crippen LogP) is 0.685. The van der Waals surface area contributed by atoms with E-state index < -0.39 is 0 Å². The highest BCUT2D eigenvalue weighted by Gasteiger charge is 2.14. The summed E-state index contributed by atoms with van der Waals surface area (Å²) in [7, 11) is 3.35. The van der Waals surface area contributed by atoms with Crippen LogP contribution in [0.2, 0.25) is 0 Å². The summed E-state index contributed by atoms with van der Waals surface area (Å²) in [5, 5.41) is 0. The van der Waals surface area contributed by atoms with E-state index in [9.17, 15) is 4.79 Å². The number of rotatable bonds is 1. The van der Waals surface area contributed by atoms with Gasteiger partial charge in [0.15, 0.2) is 12.1 Å². The van der Waals surface area contributed by atoms with Gasteiger partial charge in [-0.3, -0.25) is 4.79 Å². The number of nitrogens with zero attached hydrogens (tertiary/aromatic N) is 2. The van der Waals surface area contributed by atoms with Crippen LogP contribution in [0.4, 0.5) is 0 Å². The Morgan fingerprint density at radius 1 is 1.64 bits per heavy atom. The summed E-state index contributed by atoms with van der Waals surface area (Å²) >= 11 is 0. The maximum Gasteiger partial charge on any atom is 0.275 e. The molecule has 0 aliphatic rings. The van der Waals surface area contributed by atoms with Crippen LogP contribution >= 0.6 is 0 Å². The lowest BCUT2D eigenvalue weighted by Gasteiger charge is -2.06. The van der Waals surface area contributed by atoms with Gasteiger partial charge in [0.2, 0.25) is 0 Å². The topological polar surface area (TPSA) is 46.3 Å². The van der Waals surface area contributed by atoms with Crippen molar-refractivity contribution in [1.29, 1.82) is 0 Å². The molecule has 0 atom stereocenters. The summed E-state index contributed by atoms with van der Waals surface area (Å²) in [5.41, 5.74) is 0.384. The summed E-state index contributed by atoms with van der Waals surface area (Å²) in [6.07, 6.45) is 1.27. The van der Waals surface area contributed by atoms with E-state index in [1.54, 1.807) is 21.0 Å². The minimum Gasteiger partial charge on any atom is -0.448 e. The monoisotopic (exact) mass is 154 g/mol. The summed E-state index contributed by atoms with van der Waals surface area (Å²) < 4.78 is 4.88. The first-order chi connectivity index (χ1) is 5.13. The third-order valence-electron chi connectivity index (χ3n) is 1.35. The van der Waals surface area contributed by atoms with Gasteiger partial charge in [0.05, 0.1) is 0 Å². The molecule has 0 radical (unpaired) electrons. The highest BCUT2D eigenvalue weighted by atomic mass is 16.3. The van der Waals surface area contributed by atoms with Crippen molar-refractivity contribution >= 4 is 5.91 Å². The van der Waals surface area contributed by atoms with Gasteiger partial charge in [-0.25, -0.2) is 4.98 Å². The lowest BCUT2D eigenvalue weighted by atomic mass is 10.3. The zero-order chi connectivity index (χ0) is 8.43. The van der Waals surface area contributed by atoms with Gasteiger partial charge in [0.25, 0.3) is 5.91 Å². The van der Waals surface area contributed by atoms with Crippen molar-refractivity contribution in [2.45, 2.75) is 6.92 Å². The summed E-state index contributed by atoms with van der Waals surface area (Å²) in [4.78, 5) is 16.5. The van der Waals surface area contributed by atoms with Crippen LogP contribution in [0.25, 0.3) is 0 Å². The molecule has 0 bridgehead atoms. The van der Waals surface area contributed by atoms with Gasteiger partial charge in [-0.15, -0.1) is 0 Å². The molecule has 0 spiro atoms. The summed E-state index contributed by atoms with van der Waals surface area (Å²) in [6.45, 7) is 1.71. The van der Waals surface area contributed by atoms with E-state index in [2.05, 4.69) is 4.98 Å². The minimum atomic E-state index is -0.128. The third kappa shape index (κ3) is 1.39. The average molecular weight is 154 g/mol. The molecule has 1 amide bonds. The van der Waals surface area contributed by atoms with Gasteiger partial charge in [0, 0.05) is 14.1 Å². The molecular formula is C7H10N2O2. The van der Waals surface area contributed by atoms with Crippen LogP contribution in [0.5, 0.6) is 0 Å². The number of amides is 1. The SMILES string of the molecule is Cc1ocnc1C(=O)N(C)C. The van der Waals surface area contributed by atoms with E-state index in [0.717, 1.165) is 0 Å². The maximum atomic E-state index is 11.2. The molecule has 0 aliphatic carbocycles. The van der Waals surface area contributed by atoms with Gasteiger partial charge in [-0.1, -0.05) is 0 Å². The zero-order valence-electron chi connectivity index (χ0n) is 6.79. The van der Waals surface area contributed by atoms with Gasteiger partial charge in [-0.2, -0.15) is 0 Å². The lowest BCUT2D eigenvalue weighted by Crippen LogP contribution is -2.22. The summed E-state index contributed by atoms with van der Waals surface area (Å²) in [5.74, 6) is 0.431. The zero-order valence-corrected chi connectivity index (χ0v) is 6.79. The van der Waals surface area contributed by atoms with E-state index in [4.69, 9.17) is 4.42 Å². The van der Waals surface area contributed by atoms with Crippen molar-refractivity contribution in [1.82, 2.24) is 9.88 Å². The first kappa shape index (κ1) is 7.78. The van der Waals surface area contributed by atoms with E-state index in [0.29, 0.717) is 11.5 Å². The van der Waals surface area contributed by atoms with Gasteiger partial charge in [-0.05, 0) is 6.92 Å². The molecule has 0 aromatic carbocycles. The Labute approximate surface area is 64.8 Å². The molecule has 1 aromatic rings. The number of aromatic nitrogens is 1. The molecule has 0 aliphatic heterocycles. The van der Waals surface area contributed by atoms with Crippen LogP contribution in [0.1, 0.15) is 16.2 Å². The number of carbonyl (C=O) groups is 1. The van der Waals surface area contributed by atoms with E-state index >= 15 is 0 Å². The number of carbonyl (C=O) groups excluding carboxylic acids is 1. The Balaban J connectivity index is 2.93. The van der Waals surface area contributed by atoms with Crippen molar-refractivity contribution in [3.8, 4) is 0 Å². The number of oxazole rings is 1. The van der Waals surface area contributed by atoms with Crippen molar-refractivity contribution in [3.05, 3.63) is 17.8 Å². The van der Waals surface area contributed by atoms with E-state index in [-0.39, 0.29) is 5.91 Å².